The van der Waals surface area contributed by atoms with E-state index >= 15 is 0 Å². The maximum absolute atomic E-state index is 2.33. The Balaban J connectivity index is -0.00000128. The Hall–Kier alpha value is 0.890. The van der Waals surface area contributed by atoms with Gasteiger partial charge in [-0.05, 0) is 25.7 Å². The molecule has 19 heavy (non-hydrogen) atoms. The zero-order valence-electron chi connectivity index (χ0n) is 14.3. The minimum absolute atomic E-state index is 0. The molecule has 0 spiro atoms. The van der Waals surface area contributed by atoms with Crippen molar-refractivity contribution < 1.29 is 9.19 Å². The Morgan fingerprint density at radius 1 is 0.526 bits per heavy atom. The van der Waals surface area contributed by atoms with E-state index in [1.165, 1.54) is 82.0 Å². The Kier molecular flexibility index (Phi) is 22.2. The van der Waals surface area contributed by atoms with Crippen LogP contribution in [-0.2, 0) is 0 Å². The first-order valence-corrected chi connectivity index (χ1v) is 8.09. The zero-order valence-corrected chi connectivity index (χ0v) is 16.3. The van der Waals surface area contributed by atoms with Crippen LogP contribution in [0.3, 0.4) is 0 Å². The predicted molar refractivity (Wildman–Crippen MR) is 85.1 cm³/mol. The van der Waals surface area contributed by atoms with Crippen LogP contribution in [-0.4, -0.2) is 60.2 Å². The fourth-order valence-electron chi connectivity index (χ4n) is 2.64. The third kappa shape index (κ3) is 12.3. The van der Waals surface area contributed by atoms with Crippen molar-refractivity contribution in [3.63, 3.8) is 0 Å². The van der Waals surface area contributed by atoms with Crippen LogP contribution in [0.1, 0.15) is 79.1 Å². The molecule has 0 atom stereocenters. The van der Waals surface area contributed by atoms with Crippen molar-refractivity contribution in [3.05, 3.63) is 0 Å². The average Bonchev–Trinajstić information content (AvgIpc) is 2.37. The minimum Gasteiger partial charge on any atom is -1.00 e. The van der Waals surface area contributed by atoms with E-state index < -0.39 is 0 Å². The van der Waals surface area contributed by atoms with Gasteiger partial charge in [-0.25, -0.2) is 0 Å². The molecule has 0 rings (SSSR count). The molecule has 0 aliphatic rings. The molecular formula is C16H36FNNa. The number of halogens is 1. The molecule has 1 nitrogen and oxygen atoms in total. The molecule has 0 saturated heterocycles. The average molecular weight is 284 g/mol. The van der Waals surface area contributed by atoms with Crippen molar-refractivity contribution in [1.82, 2.24) is 0 Å². The van der Waals surface area contributed by atoms with E-state index in [1.54, 1.807) is 0 Å². The fraction of sp³-hybridized carbons (Fsp3) is 1.00. The summed E-state index contributed by atoms with van der Waals surface area (Å²) in [4.78, 5) is 0. The number of rotatable bonds is 12. The van der Waals surface area contributed by atoms with Crippen LogP contribution in [0.5, 0.6) is 0 Å². The Morgan fingerprint density at radius 2 is 0.737 bits per heavy atom. The van der Waals surface area contributed by atoms with Crippen LogP contribution in [0, 0.1) is 0 Å². The number of hydrogen-bond donors (Lipinski definition) is 0. The van der Waals surface area contributed by atoms with Crippen LogP contribution in [0.2, 0.25) is 0 Å². The summed E-state index contributed by atoms with van der Waals surface area (Å²) in [5, 5.41) is 0. The summed E-state index contributed by atoms with van der Waals surface area (Å²) in [6, 6.07) is 0. The Labute approximate surface area is 143 Å². The molecule has 0 aromatic heterocycles. The van der Waals surface area contributed by atoms with Gasteiger partial charge in [0.15, 0.2) is 0 Å². The Bertz CT molecular complexity index is 127. The summed E-state index contributed by atoms with van der Waals surface area (Å²) >= 11 is 0. The molecule has 0 saturated carbocycles. The van der Waals surface area contributed by atoms with E-state index in [1.807, 2.05) is 0 Å². The van der Waals surface area contributed by atoms with Gasteiger partial charge in [-0.1, -0.05) is 53.4 Å². The maximum Gasteiger partial charge on any atom is 0.0786 e. The molecule has 0 N–H and O–H groups in total. The van der Waals surface area contributed by atoms with Crippen LogP contribution >= 0.6 is 0 Å². The summed E-state index contributed by atoms with van der Waals surface area (Å²) in [7, 11) is 0. The van der Waals surface area contributed by atoms with Gasteiger partial charge in [0.2, 0.25) is 0 Å². The molecule has 0 aromatic rings. The van der Waals surface area contributed by atoms with Gasteiger partial charge in [-0.2, -0.15) is 0 Å². The van der Waals surface area contributed by atoms with Crippen molar-refractivity contribution in [1.29, 1.82) is 0 Å². The molecule has 0 heterocycles. The molecule has 3 heteroatoms. The van der Waals surface area contributed by atoms with Gasteiger partial charge in [0.25, 0.3) is 0 Å². The molecule has 0 aromatic carbocycles. The first kappa shape index (κ1) is 24.9. The van der Waals surface area contributed by atoms with E-state index in [0.717, 1.165) is 0 Å². The van der Waals surface area contributed by atoms with Crippen molar-refractivity contribution in [2.75, 3.05) is 26.2 Å². The van der Waals surface area contributed by atoms with Crippen molar-refractivity contribution in [3.8, 4) is 0 Å². The third-order valence-corrected chi connectivity index (χ3v) is 3.94. The summed E-state index contributed by atoms with van der Waals surface area (Å²) < 4.78 is 1.42. The summed E-state index contributed by atoms with van der Waals surface area (Å²) in [6.07, 6.45) is 11.1. The second-order valence-electron chi connectivity index (χ2n) is 5.65. The van der Waals surface area contributed by atoms with Crippen LogP contribution in [0.25, 0.3) is 0 Å². The quantitative estimate of drug-likeness (QED) is 0.377. The van der Waals surface area contributed by atoms with E-state index in [9.17, 15) is 0 Å². The summed E-state index contributed by atoms with van der Waals surface area (Å²) in [5.74, 6) is 0. The van der Waals surface area contributed by atoms with Gasteiger partial charge in [0.1, 0.15) is 0 Å². The molecule has 0 bridgehead atoms. The van der Waals surface area contributed by atoms with Crippen LogP contribution in [0.15, 0.2) is 0 Å². The SMILES string of the molecule is CCCC[N+](CCCC)(CCCC)CCCC.[F-].[Na]. The zero-order chi connectivity index (χ0) is 13.0. The van der Waals surface area contributed by atoms with Crippen molar-refractivity contribution in [2.24, 2.45) is 0 Å². The van der Waals surface area contributed by atoms with Crippen molar-refractivity contribution >= 4 is 29.6 Å². The number of nitrogens with zero attached hydrogens (tertiary/aromatic N) is 1. The predicted octanol–water partition coefficient (Wildman–Crippen LogP) is 1.63. The van der Waals surface area contributed by atoms with Crippen LogP contribution < -0.4 is 4.70 Å². The van der Waals surface area contributed by atoms with E-state index in [4.69, 9.17) is 0 Å². The first-order chi connectivity index (χ1) is 8.24. The summed E-state index contributed by atoms with van der Waals surface area (Å²) in [6.45, 7) is 15.0. The van der Waals surface area contributed by atoms with Gasteiger partial charge in [-0.3, -0.25) is 0 Å². The molecule has 0 fully saturated rings. The first-order valence-electron chi connectivity index (χ1n) is 8.09. The van der Waals surface area contributed by atoms with E-state index in [2.05, 4.69) is 27.7 Å². The van der Waals surface area contributed by atoms with Crippen molar-refractivity contribution in [2.45, 2.75) is 79.1 Å². The van der Waals surface area contributed by atoms with Gasteiger partial charge in [0.05, 0.1) is 26.2 Å². The molecular weight excluding hydrogens is 248 g/mol. The Morgan fingerprint density at radius 3 is 0.895 bits per heavy atom. The smallest absolute Gasteiger partial charge is 0.0786 e. The fourth-order valence-corrected chi connectivity index (χ4v) is 2.64. The van der Waals surface area contributed by atoms with Gasteiger partial charge < -0.3 is 9.19 Å². The second-order valence-corrected chi connectivity index (χ2v) is 5.65. The molecule has 0 aliphatic carbocycles. The largest absolute Gasteiger partial charge is 1.00 e. The normalized spacial score (nSPS) is 10.7. The standard InChI is InChI=1S/C16H36N.FH.Na/c1-5-9-13-17(14-10-6-2,15-11-7-3)16-12-8-4;;/h5-16H2,1-4H3;1H;/q+1;;/p-1. The third-order valence-electron chi connectivity index (χ3n) is 3.94. The minimum atomic E-state index is 0. The van der Waals surface area contributed by atoms with Gasteiger partial charge in [0, 0.05) is 29.6 Å². The monoisotopic (exact) mass is 284 g/mol. The number of hydrogen-bond acceptors (Lipinski definition) is 0. The van der Waals surface area contributed by atoms with Gasteiger partial charge >= 0.3 is 0 Å². The molecule has 0 aliphatic heterocycles. The number of unbranched alkanes of at least 4 members (excludes halogenated alkanes) is 4. The van der Waals surface area contributed by atoms with E-state index in [0.29, 0.717) is 0 Å². The number of quaternary nitrogens is 1. The molecule has 1 radical (unpaired) electrons. The molecule has 0 unspecified atom stereocenters. The van der Waals surface area contributed by atoms with Gasteiger partial charge in [-0.15, -0.1) is 0 Å². The second kappa shape index (κ2) is 16.9. The summed E-state index contributed by atoms with van der Waals surface area (Å²) in [5.41, 5.74) is 0. The molecule has 0 amide bonds. The van der Waals surface area contributed by atoms with E-state index in [-0.39, 0.29) is 34.3 Å². The topological polar surface area (TPSA) is 0 Å². The molecule has 113 valence electrons. The van der Waals surface area contributed by atoms with Crippen LogP contribution in [0.4, 0.5) is 0 Å². The maximum atomic E-state index is 2.33.